The van der Waals surface area contributed by atoms with E-state index in [4.69, 9.17) is 0 Å². The van der Waals surface area contributed by atoms with Crippen LogP contribution in [-0.4, -0.2) is 32.7 Å². The van der Waals surface area contributed by atoms with E-state index in [9.17, 15) is 13.2 Å². The van der Waals surface area contributed by atoms with Crippen LogP contribution in [0.5, 0.6) is 0 Å². The fourth-order valence-corrected chi connectivity index (χ4v) is 5.45. The van der Waals surface area contributed by atoms with Crippen LogP contribution in [0, 0.1) is 17.8 Å². The Labute approximate surface area is 174 Å². The molecule has 0 bridgehead atoms. The van der Waals surface area contributed by atoms with Crippen molar-refractivity contribution >= 4 is 21.5 Å². The van der Waals surface area contributed by atoms with Crippen molar-refractivity contribution < 1.29 is 13.2 Å². The number of benzene rings is 1. The quantitative estimate of drug-likeness (QED) is 0.742. The van der Waals surface area contributed by atoms with Gasteiger partial charge in [-0.3, -0.25) is 4.79 Å². The lowest BCUT2D eigenvalue weighted by molar-refractivity contribution is 0.0963. The summed E-state index contributed by atoms with van der Waals surface area (Å²) in [6, 6.07) is 7.65. The van der Waals surface area contributed by atoms with E-state index in [1.165, 1.54) is 0 Å². The zero-order valence-electron chi connectivity index (χ0n) is 17.7. The summed E-state index contributed by atoms with van der Waals surface area (Å²) in [5.41, 5.74) is 2.88. The summed E-state index contributed by atoms with van der Waals surface area (Å²) in [4.78, 5) is 11.7. The third-order valence-corrected chi connectivity index (χ3v) is 8.13. The van der Waals surface area contributed by atoms with Gasteiger partial charge in [0.2, 0.25) is 10.0 Å². The molecular weight excluding hydrogens is 384 g/mol. The highest BCUT2D eigenvalue weighted by Gasteiger charge is 2.38. The van der Waals surface area contributed by atoms with Crippen LogP contribution in [0.15, 0.2) is 42.5 Å². The molecule has 6 heteroatoms. The predicted molar refractivity (Wildman–Crippen MR) is 118 cm³/mol. The second-order valence-corrected chi connectivity index (χ2v) is 10.8. The van der Waals surface area contributed by atoms with Crippen LogP contribution >= 0.6 is 0 Å². The molecule has 0 radical (unpaired) electrons. The molecule has 1 aromatic rings. The van der Waals surface area contributed by atoms with Crippen molar-refractivity contribution in [2.45, 2.75) is 51.3 Å². The van der Waals surface area contributed by atoms with E-state index in [0.29, 0.717) is 23.3 Å². The molecule has 2 aliphatic rings. The summed E-state index contributed by atoms with van der Waals surface area (Å²) in [6.07, 6.45) is 9.68. The van der Waals surface area contributed by atoms with Crippen LogP contribution in [0.1, 0.15) is 56.0 Å². The van der Waals surface area contributed by atoms with Gasteiger partial charge < -0.3 is 5.32 Å². The Morgan fingerprint density at radius 2 is 1.83 bits per heavy atom. The number of carbonyl (C=O) groups is 1. The number of hydrogen-bond donors (Lipinski definition) is 2. The lowest BCUT2D eigenvalue weighted by atomic mass is 9.75. The first-order valence-corrected chi connectivity index (χ1v) is 12.0. The van der Waals surface area contributed by atoms with Crippen LogP contribution < -0.4 is 10.0 Å². The Morgan fingerprint density at radius 1 is 1.14 bits per heavy atom. The van der Waals surface area contributed by atoms with Gasteiger partial charge in [-0.1, -0.05) is 43.7 Å². The number of rotatable bonds is 6. The minimum Gasteiger partial charge on any atom is -0.355 e. The lowest BCUT2D eigenvalue weighted by Crippen LogP contribution is -2.43. The zero-order chi connectivity index (χ0) is 21.2. The third kappa shape index (κ3) is 4.81. The van der Waals surface area contributed by atoms with E-state index in [0.717, 1.165) is 30.4 Å². The Kier molecular flexibility index (Phi) is 6.64. The van der Waals surface area contributed by atoms with E-state index in [1.807, 2.05) is 24.3 Å². The summed E-state index contributed by atoms with van der Waals surface area (Å²) in [6.45, 7) is 5.65. The van der Waals surface area contributed by atoms with Crippen LogP contribution in [-0.2, 0) is 10.0 Å². The van der Waals surface area contributed by atoms with E-state index in [-0.39, 0.29) is 11.9 Å². The maximum atomic E-state index is 12.4. The normalized spacial score (nSPS) is 27.1. The number of allylic oxidation sites excluding steroid dienone is 4. The molecule has 0 heterocycles. The Bertz CT molecular complexity index is 901. The molecule has 0 spiro atoms. The van der Waals surface area contributed by atoms with Crippen molar-refractivity contribution in [3.05, 3.63) is 53.6 Å². The summed E-state index contributed by atoms with van der Waals surface area (Å²) in [5, 5.41) is 2.23. The standard InChI is InChI=1S/C23H32N2O3S/c1-15(2)29(27,28)25-22-7-5-6-21(22)20-13-12-19(14-16(20)3)17-8-10-18(11-9-17)23(26)24-4/h8-16,20-22,25H,5-7H2,1-4H3,(H,24,26)/t16?,20?,21-,22+/m1/s1. The third-order valence-electron chi connectivity index (χ3n) is 6.26. The van der Waals surface area contributed by atoms with Gasteiger partial charge in [0.05, 0.1) is 5.25 Å². The molecule has 5 nitrogen and oxygen atoms in total. The number of carbonyl (C=O) groups excluding carboxylic acids is 1. The van der Waals surface area contributed by atoms with Gasteiger partial charge in [0.15, 0.2) is 0 Å². The average Bonchev–Trinajstić information content (AvgIpc) is 3.14. The molecule has 2 aliphatic carbocycles. The maximum Gasteiger partial charge on any atom is 0.251 e. The number of nitrogens with one attached hydrogen (secondary N) is 2. The Balaban J connectivity index is 1.73. The average molecular weight is 417 g/mol. The topological polar surface area (TPSA) is 75.3 Å². The Hall–Kier alpha value is -1.92. The Morgan fingerprint density at radius 3 is 2.41 bits per heavy atom. The van der Waals surface area contributed by atoms with E-state index in [1.54, 1.807) is 20.9 Å². The summed E-state index contributed by atoms with van der Waals surface area (Å²) >= 11 is 0. The van der Waals surface area contributed by atoms with Gasteiger partial charge in [-0.25, -0.2) is 13.1 Å². The second-order valence-electron chi connectivity index (χ2n) is 8.49. The first kappa shape index (κ1) is 21.8. The van der Waals surface area contributed by atoms with Crippen molar-refractivity contribution in [3.8, 4) is 0 Å². The molecule has 1 amide bonds. The minimum absolute atomic E-state index is 0.0151. The highest BCUT2D eigenvalue weighted by Crippen LogP contribution is 2.40. The monoisotopic (exact) mass is 416 g/mol. The van der Waals surface area contributed by atoms with E-state index >= 15 is 0 Å². The molecule has 3 rings (SSSR count). The van der Waals surface area contributed by atoms with Gasteiger partial charge in [-0.15, -0.1) is 0 Å². The van der Waals surface area contributed by atoms with Crippen molar-refractivity contribution in [1.82, 2.24) is 10.0 Å². The van der Waals surface area contributed by atoms with Crippen LogP contribution in [0.3, 0.4) is 0 Å². The molecule has 158 valence electrons. The van der Waals surface area contributed by atoms with Crippen molar-refractivity contribution in [1.29, 1.82) is 0 Å². The predicted octanol–water partition coefficient (Wildman–Crippen LogP) is 3.75. The maximum absolute atomic E-state index is 12.4. The molecular formula is C23H32N2O3S. The first-order chi connectivity index (χ1) is 13.7. The molecule has 0 aliphatic heterocycles. The van der Waals surface area contributed by atoms with E-state index < -0.39 is 15.3 Å². The fourth-order valence-electron chi connectivity index (χ4n) is 4.47. The fraction of sp³-hybridized carbons (Fsp3) is 0.522. The first-order valence-electron chi connectivity index (χ1n) is 10.5. The molecule has 0 saturated heterocycles. The van der Waals surface area contributed by atoms with Gasteiger partial charge in [0.25, 0.3) is 5.91 Å². The van der Waals surface area contributed by atoms with E-state index in [2.05, 4.69) is 35.2 Å². The number of sulfonamides is 1. The SMILES string of the molecule is CNC(=O)c1ccc(C2=CC(C)C([C@H]3CCC[C@@H]3NS(=O)(=O)C(C)C)C=C2)cc1. The summed E-state index contributed by atoms with van der Waals surface area (Å²) < 4.78 is 27.7. The van der Waals surface area contributed by atoms with Crippen LogP contribution in [0.4, 0.5) is 0 Å². The van der Waals surface area contributed by atoms with Crippen molar-refractivity contribution in [2.75, 3.05) is 7.05 Å². The molecule has 29 heavy (non-hydrogen) atoms. The largest absolute Gasteiger partial charge is 0.355 e. The molecule has 1 saturated carbocycles. The summed E-state index contributed by atoms with van der Waals surface area (Å²) in [5.74, 6) is 0.881. The van der Waals surface area contributed by atoms with Gasteiger partial charge in [-0.2, -0.15) is 0 Å². The smallest absolute Gasteiger partial charge is 0.251 e. The lowest BCUT2D eigenvalue weighted by Gasteiger charge is -2.33. The minimum atomic E-state index is -3.26. The van der Waals surface area contributed by atoms with Gasteiger partial charge >= 0.3 is 0 Å². The molecule has 0 aromatic heterocycles. The number of hydrogen-bond acceptors (Lipinski definition) is 3. The molecule has 2 N–H and O–H groups in total. The van der Waals surface area contributed by atoms with Crippen LogP contribution in [0.25, 0.3) is 5.57 Å². The molecule has 1 fully saturated rings. The highest BCUT2D eigenvalue weighted by molar-refractivity contribution is 7.90. The van der Waals surface area contributed by atoms with Gasteiger partial charge in [0.1, 0.15) is 0 Å². The molecule has 4 atom stereocenters. The van der Waals surface area contributed by atoms with Gasteiger partial charge in [0, 0.05) is 18.7 Å². The van der Waals surface area contributed by atoms with Crippen molar-refractivity contribution in [3.63, 3.8) is 0 Å². The van der Waals surface area contributed by atoms with Crippen molar-refractivity contribution in [2.24, 2.45) is 17.8 Å². The highest BCUT2D eigenvalue weighted by atomic mass is 32.2. The zero-order valence-corrected chi connectivity index (χ0v) is 18.5. The molecule has 1 aromatic carbocycles. The molecule has 2 unspecified atom stereocenters. The van der Waals surface area contributed by atoms with Crippen LogP contribution in [0.2, 0.25) is 0 Å². The number of amides is 1. The van der Waals surface area contributed by atoms with Gasteiger partial charge in [-0.05, 0) is 67.7 Å². The summed E-state index contributed by atoms with van der Waals surface area (Å²) in [7, 11) is -1.63. The second kappa shape index (κ2) is 8.84.